The Bertz CT molecular complexity index is 358. The monoisotopic (exact) mass is 193 g/mol. The predicted octanol–water partition coefficient (Wildman–Crippen LogP) is 2.08. The number of allylic oxidation sites excluding steroid dienone is 1. The average molecular weight is 193 g/mol. The molecular weight excluding hydrogens is 181 g/mol. The molecule has 0 fully saturated rings. The van der Waals surface area contributed by atoms with Crippen molar-refractivity contribution in [1.29, 1.82) is 0 Å². The molecule has 2 nitrogen and oxygen atoms in total. The van der Waals surface area contributed by atoms with E-state index in [0.29, 0.717) is 0 Å². The average Bonchev–Trinajstić information content (AvgIpc) is 2.15. The number of carbonyl (C=O) groups is 1. The summed E-state index contributed by atoms with van der Waals surface area (Å²) >= 11 is 0. The third-order valence-corrected chi connectivity index (χ3v) is 1.66. The molecule has 0 aliphatic heterocycles. The first kappa shape index (κ1) is 10.4. The first-order valence-corrected chi connectivity index (χ1v) is 4.25. The molecule has 1 aromatic rings. The maximum absolute atomic E-state index is 13.1. The lowest BCUT2D eigenvalue weighted by atomic mass is 10.1. The van der Waals surface area contributed by atoms with Crippen molar-refractivity contribution in [1.82, 2.24) is 4.90 Å². The second-order valence-electron chi connectivity index (χ2n) is 3.12. The molecule has 0 saturated heterocycles. The first-order chi connectivity index (χ1) is 6.61. The van der Waals surface area contributed by atoms with Crippen LogP contribution in [-0.2, 0) is 0 Å². The minimum atomic E-state index is -0.485. The fourth-order valence-corrected chi connectivity index (χ4v) is 0.968. The van der Waals surface area contributed by atoms with Crippen molar-refractivity contribution < 1.29 is 9.18 Å². The van der Waals surface area contributed by atoms with Gasteiger partial charge in [-0.2, -0.15) is 0 Å². The molecule has 0 atom stereocenters. The molecule has 0 radical (unpaired) electrons. The van der Waals surface area contributed by atoms with Gasteiger partial charge in [0, 0.05) is 26.4 Å². The highest BCUT2D eigenvalue weighted by Crippen LogP contribution is 2.07. The smallest absolute Gasteiger partial charge is 0.190 e. The number of hydrogen-bond donors (Lipinski definition) is 0. The lowest BCUT2D eigenvalue weighted by Gasteiger charge is -2.03. The fraction of sp³-hybridized carbons (Fsp3) is 0.182. The highest BCUT2D eigenvalue weighted by molar-refractivity contribution is 6.04. The number of ketones is 1. The minimum Gasteiger partial charge on any atom is -0.383 e. The summed E-state index contributed by atoms with van der Waals surface area (Å²) in [6.07, 6.45) is 2.94. The standard InChI is InChI=1S/C11H12FNO/c1-13(2)8-7-11(14)9-5-3-4-6-10(9)12/h3-8H,1-2H3/b8-7-. The molecule has 0 aliphatic carbocycles. The summed E-state index contributed by atoms with van der Waals surface area (Å²) in [4.78, 5) is 13.1. The Balaban J connectivity index is 2.85. The Morgan fingerprint density at radius 3 is 2.57 bits per heavy atom. The maximum Gasteiger partial charge on any atom is 0.190 e. The van der Waals surface area contributed by atoms with Gasteiger partial charge in [0.25, 0.3) is 0 Å². The zero-order valence-electron chi connectivity index (χ0n) is 8.20. The number of rotatable bonds is 3. The van der Waals surface area contributed by atoms with Crippen molar-refractivity contribution in [3.8, 4) is 0 Å². The summed E-state index contributed by atoms with van der Waals surface area (Å²) < 4.78 is 13.1. The second kappa shape index (κ2) is 4.56. The van der Waals surface area contributed by atoms with E-state index in [2.05, 4.69) is 0 Å². The summed E-state index contributed by atoms with van der Waals surface area (Å²) in [5.41, 5.74) is 0.102. The van der Waals surface area contributed by atoms with Crippen LogP contribution in [0.5, 0.6) is 0 Å². The summed E-state index contributed by atoms with van der Waals surface area (Å²) in [5.74, 6) is -0.808. The van der Waals surface area contributed by atoms with Crippen molar-refractivity contribution in [2.24, 2.45) is 0 Å². The van der Waals surface area contributed by atoms with Gasteiger partial charge >= 0.3 is 0 Å². The van der Waals surface area contributed by atoms with Crippen molar-refractivity contribution in [3.63, 3.8) is 0 Å². The molecule has 0 saturated carbocycles. The fourth-order valence-electron chi connectivity index (χ4n) is 0.968. The van der Waals surface area contributed by atoms with Gasteiger partial charge < -0.3 is 4.90 Å². The van der Waals surface area contributed by atoms with E-state index >= 15 is 0 Å². The third-order valence-electron chi connectivity index (χ3n) is 1.66. The number of hydrogen-bond acceptors (Lipinski definition) is 2. The van der Waals surface area contributed by atoms with E-state index < -0.39 is 5.82 Å². The molecule has 0 spiro atoms. The van der Waals surface area contributed by atoms with Crippen LogP contribution in [0, 0.1) is 5.82 Å². The highest BCUT2D eigenvalue weighted by atomic mass is 19.1. The van der Waals surface area contributed by atoms with Crippen LogP contribution in [0.25, 0.3) is 0 Å². The minimum absolute atomic E-state index is 0.102. The number of nitrogens with zero attached hydrogens (tertiary/aromatic N) is 1. The SMILES string of the molecule is CN(C)/C=C\C(=O)c1ccccc1F. The molecule has 0 aromatic heterocycles. The van der Waals surface area contributed by atoms with Crippen LogP contribution in [0.15, 0.2) is 36.5 Å². The van der Waals surface area contributed by atoms with Crippen LogP contribution in [0.4, 0.5) is 4.39 Å². The Kier molecular flexibility index (Phi) is 3.40. The quantitative estimate of drug-likeness (QED) is 0.541. The first-order valence-electron chi connectivity index (χ1n) is 4.25. The molecule has 0 bridgehead atoms. The molecule has 74 valence electrons. The van der Waals surface area contributed by atoms with Crippen LogP contribution in [0.3, 0.4) is 0 Å². The van der Waals surface area contributed by atoms with E-state index in [4.69, 9.17) is 0 Å². The lowest BCUT2D eigenvalue weighted by Crippen LogP contribution is -2.04. The summed E-state index contributed by atoms with van der Waals surface area (Å²) in [6, 6.07) is 5.94. The molecule has 0 N–H and O–H groups in total. The molecule has 1 aromatic carbocycles. The van der Waals surface area contributed by atoms with Gasteiger partial charge in [-0.15, -0.1) is 0 Å². The van der Waals surface area contributed by atoms with Crippen molar-refractivity contribution in [3.05, 3.63) is 47.9 Å². The van der Waals surface area contributed by atoms with Crippen molar-refractivity contribution >= 4 is 5.78 Å². The number of halogens is 1. The molecule has 14 heavy (non-hydrogen) atoms. The normalized spacial score (nSPS) is 10.5. The topological polar surface area (TPSA) is 20.3 Å². The number of carbonyl (C=O) groups excluding carboxylic acids is 1. The van der Waals surface area contributed by atoms with Gasteiger partial charge in [0.1, 0.15) is 5.82 Å². The van der Waals surface area contributed by atoms with Gasteiger partial charge in [0.15, 0.2) is 5.78 Å². The van der Waals surface area contributed by atoms with Crippen LogP contribution < -0.4 is 0 Å². The zero-order chi connectivity index (χ0) is 10.6. The van der Waals surface area contributed by atoms with Gasteiger partial charge in [-0.1, -0.05) is 12.1 Å². The highest BCUT2D eigenvalue weighted by Gasteiger charge is 2.06. The van der Waals surface area contributed by atoms with Gasteiger partial charge in [0.2, 0.25) is 0 Å². The van der Waals surface area contributed by atoms with Gasteiger partial charge in [0.05, 0.1) is 5.56 Å². The van der Waals surface area contributed by atoms with Gasteiger partial charge in [-0.3, -0.25) is 4.79 Å². The van der Waals surface area contributed by atoms with Crippen molar-refractivity contribution in [2.45, 2.75) is 0 Å². The van der Waals surface area contributed by atoms with Gasteiger partial charge in [-0.05, 0) is 12.1 Å². The van der Waals surface area contributed by atoms with Gasteiger partial charge in [-0.25, -0.2) is 4.39 Å². The summed E-state index contributed by atoms with van der Waals surface area (Å²) in [7, 11) is 3.59. The van der Waals surface area contributed by atoms with E-state index in [-0.39, 0.29) is 11.3 Å². The lowest BCUT2D eigenvalue weighted by molar-refractivity contribution is 0.104. The van der Waals surface area contributed by atoms with Crippen LogP contribution >= 0.6 is 0 Å². The maximum atomic E-state index is 13.1. The van der Waals surface area contributed by atoms with E-state index in [9.17, 15) is 9.18 Å². The molecule has 3 heteroatoms. The molecule has 0 heterocycles. The molecule has 0 aliphatic rings. The summed E-state index contributed by atoms with van der Waals surface area (Å²) in [5, 5.41) is 0. The third kappa shape index (κ3) is 2.69. The predicted molar refractivity (Wildman–Crippen MR) is 53.6 cm³/mol. The molecule has 0 amide bonds. The van der Waals surface area contributed by atoms with E-state index in [1.807, 2.05) is 0 Å². The van der Waals surface area contributed by atoms with Crippen LogP contribution in [0.1, 0.15) is 10.4 Å². The Morgan fingerprint density at radius 1 is 1.36 bits per heavy atom. The Morgan fingerprint density at radius 2 is 2.00 bits per heavy atom. The van der Waals surface area contributed by atoms with Crippen LogP contribution in [-0.4, -0.2) is 24.8 Å². The molecular formula is C11H12FNO. The second-order valence-corrected chi connectivity index (χ2v) is 3.12. The largest absolute Gasteiger partial charge is 0.383 e. The van der Waals surface area contributed by atoms with E-state index in [0.717, 1.165) is 0 Å². The van der Waals surface area contributed by atoms with Crippen molar-refractivity contribution in [2.75, 3.05) is 14.1 Å². The van der Waals surface area contributed by atoms with Crippen LogP contribution in [0.2, 0.25) is 0 Å². The Hall–Kier alpha value is -1.64. The zero-order valence-corrected chi connectivity index (χ0v) is 8.20. The van der Waals surface area contributed by atoms with E-state index in [1.54, 1.807) is 37.3 Å². The molecule has 1 rings (SSSR count). The Labute approximate surface area is 82.7 Å². The molecule has 0 unspecified atom stereocenters. The van der Waals surface area contributed by atoms with E-state index in [1.165, 1.54) is 18.2 Å². The summed E-state index contributed by atoms with van der Waals surface area (Å²) in [6.45, 7) is 0. The number of benzene rings is 1.